The van der Waals surface area contributed by atoms with Crippen LogP contribution in [0.1, 0.15) is 219 Å². The van der Waals surface area contributed by atoms with Gasteiger partial charge in [-0.3, -0.25) is 4.79 Å². The number of aliphatic hydroxyl groups excluding tert-OH is 11. The van der Waals surface area contributed by atoms with Gasteiger partial charge in [0.15, 0.2) is 18.9 Å². The summed E-state index contributed by atoms with van der Waals surface area (Å²) in [5.41, 5.74) is 0. The van der Waals surface area contributed by atoms with Crippen molar-refractivity contribution in [3.8, 4) is 0 Å². The molecule has 554 valence electrons. The third kappa shape index (κ3) is 38.5. The highest BCUT2D eigenvalue weighted by molar-refractivity contribution is 5.76. The van der Waals surface area contributed by atoms with Crippen molar-refractivity contribution >= 4 is 5.91 Å². The highest BCUT2D eigenvalue weighted by Crippen LogP contribution is 2.33. The Balaban J connectivity index is 1.38. The number of allylic oxidation sites excluding steroid dienone is 21. The third-order valence-corrected chi connectivity index (χ3v) is 17.5. The Morgan fingerprint density at radius 3 is 1.11 bits per heavy atom. The van der Waals surface area contributed by atoms with Gasteiger partial charge in [0.25, 0.3) is 0 Å². The van der Waals surface area contributed by atoms with Crippen LogP contribution in [0.3, 0.4) is 0 Å². The number of carbonyl (C=O) groups excluding carboxylic acids is 1. The van der Waals surface area contributed by atoms with E-state index in [9.17, 15) is 61.0 Å². The quantitative estimate of drug-likeness (QED) is 0.0199. The first-order valence-electron chi connectivity index (χ1n) is 36.9. The number of carbonyl (C=O) groups is 1. The van der Waals surface area contributed by atoms with Gasteiger partial charge in [0.2, 0.25) is 5.91 Å². The molecule has 1 amide bonds. The summed E-state index contributed by atoms with van der Waals surface area (Å²) in [6.07, 6.45) is 54.2. The van der Waals surface area contributed by atoms with E-state index in [0.29, 0.717) is 6.42 Å². The maximum atomic E-state index is 13.4. The molecule has 0 aromatic carbocycles. The van der Waals surface area contributed by atoms with E-state index in [4.69, 9.17) is 28.4 Å². The minimum absolute atomic E-state index is 0.217. The van der Waals surface area contributed by atoms with Crippen molar-refractivity contribution in [1.82, 2.24) is 5.32 Å². The second-order valence-electron chi connectivity index (χ2n) is 25.7. The Labute approximate surface area is 581 Å². The average molecular weight is 1370 g/mol. The van der Waals surface area contributed by atoms with Gasteiger partial charge >= 0.3 is 0 Å². The zero-order chi connectivity index (χ0) is 70.4. The molecule has 97 heavy (non-hydrogen) atoms. The highest BCUT2D eigenvalue weighted by atomic mass is 16.8. The van der Waals surface area contributed by atoms with E-state index in [1.807, 2.05) is 6.08 Å². The molecule has 0 aromatic rings. The summed E-state index contributed by atoms with van der Waals surface area (Å²) >= 11 is 0. The van der Waals surface area contributed by atoms with E-state index in [1.165, 1.54) is 64.2 Å². The molecule has 0 bridgehead atoms. The highest BCUT2D eigenvalue weighted by Gasteiger charge is 2.53. The van der Waals surface area contributed by atoms with Crippen LogP contribution in [0.2, 0.25) is 0 Å². The Kier molecular flexibility index (Phi) is 51.7. The third-order valence-electron chi connectivity index (χ3n) is 17.5. The van der Waals surface area contributed by atoms with Gasteiger partial charge in [-0.25, -0.2) is 0 Å². The van der Waals surface area contributed by atoms with Crippen molar-refractivity contribution in [2.75, 3.05) is 26.4 Å². The Morgan fingerprint density at radius 1 is 0.381 bits per heavy atom. The Morgan fingerprint density at radius 2 is 0.711 bits per heavy atom. The van der Waals surface area contributed by atoms with Crippen molar-refractivity contribution in [1.29, 1.82) is 0 Å². The number of aliphatic hydroxyl groups is 11. The first-order chi connectivity index (χ1) is 47.3. The van der Waals surface area contributed by atoms with Crippen LogP contribution in [0.5, 0.6) is 0 Å². The summed E-state index contributed by atoms with van der Waals surface area (Å²) in [6.45, 7) is 1.59. The Bertz CT molecular complexity index is 2280. The molecule has 3 heterocycles. The van der Waals surface area contributed by atoms with Crippen molar-refractivity contribution in [2.24, 2.45) is 0 Å². The normalized spacial score (nSPS) is 27.7. The molecule has 17 atom stereocenters. The number of hydrogen-bond donors (Lipinski definition) is 12. The van der Waals surface area contributed by atoms with Gasteiger partial charge in [-0.15, -0.1) is 0 Å². The smallest absolute Gasteiger partial charge is 0.220 e. The van der Waals surface area contributed by atoms with Crippen LogP contribution < -0.4 is 5.32 Å². The van der Waals surface area contributed by atoms with Gasteiger partial charge in [0, 0.05) is 6.42 Å². The largest absolute Gasteiger partial charge is 0.394 e. The summed E-state index contributed by atoms with van der Waals surface area (Å²) < 4.78 is 34.3. The predicted molar refractivity (Wildman–Crippen MR) is 383 cm³/mol. The molecular weight excluding hydrogens is 1240 g/mol. The summed E-state index contributed by atoms with van der Waals surface area (Å²) in [5, 5.41) is 121. The van der Waals surface area contributed by atoms with Crippen molar-refractivity contribution in [2.45, 2.75) is 324 Å². The molecule has 0 aromatic heterocycles. The lowest BCUT2D eigenvalue weighted by Gasteiger charge is -2.48. The first-order valence-corrected chi connectivity index (χ1v) is 36.9. The zero-order valence-electron chi connectivity index (χ0n) is 58.7. The molecule has 3 saturated heterocycles. The van der Waals surface area contributed by atoms with Crippen molar-refractivity contribution in [3.63, 3.8) is 0 Å². The lowest BCUT2D eigenvalue weighted by molar-refractivity contribution is -0.379. The molecule has 3 aliphatic rings. The lowest BCUT2D eigenvalue weighted by atomic mass is 9.96. The summed E-state index contributed by atoms with van der Waals surface area (Å²) in [4.78, 5) is 13.4. The first kappa shape index (κ1) is 87.1. The van der Waals surface area contributed by atoms with E-state index >= 15 is 0 Å². The summed E-state index contributed by atoms with van der Waals surface area (Å²) in [6, 6.07) is -0.991. The summed E-state index contributed by atoms with van der Waals surface area (Å²) in [7, 11) is 0. The standard InChI is InChI=1S/C78H129NO18/c1-3-5-7-9-11-13-15-17-19-20-21-22-23-24-25-26-27-28-29-30-31-32-33-34-35-36-37-38-39-40-42-44-46-48-50-52-54-56-66(84)79-61(62(83)55-53-51-49-47-45-43-41-18-16-14-12-10-8-6-4-2)60-92-76-72(90)69(87)74(64(58-81)94-76)97-78-73(91)70(88)75(65(59-82)95-78)96-77-71(89)68(86)67(85)63(57-80)93-77/h5,7,11,13,17,19,21-22,24-25,27-28,30-31,33-34,36-37,39-40,53,55,61-65,67-78,80-83,85-91H,3-4,6,8-10,12,14-16,18,20,23,26,29,32,35,38,41-52,54,56-60H2,1-2H3,(H,79,84)/b7-5-,13-11-,19-17-,22-21-,25-24-,28-27-,31-30-,34-33-,37-36-,40-39-,55-53+. The van der Waals surface area contributed by atoms with E-state index < -0.39 is 124 Å². The number of amides is 1. The van der Waals surface area contributed by atoms with E-state index in [0.717, 1.165) is 128 Å². The van der Waals surface area contributed by atoms with Gasteiger partial charge in [-0.05, 0) is 96.3 Å². The lowest BCUT2D eigenvalue weighted by Crippen LogP contribution is -2.66. The molecule has 12 N–H and O–H groups in total. The van der Waals surface area contributed by atoms with Gasteiger partial charge in [-0.2, -0.15) is 0 Å². The number of unbranched alkanes of at least 4 members (excludes halogenated alkanes) is 19. The fraction of sp³-hybridized carbons (Fsp3) is 0.705. The molecule has 3 aliphatic heterocycles. The maximum Gasteiger partial charge on any atom is 0.220 e. The van der Waals surface area contributed by atoms with Crippen LogP contribution in [0.4, 0.5) is 0 Å². The van der Waals surface area contributed by atoms with E-state index in [1.54, 1.807) is 6.08 Å². The topological polar surface area (TPSA) is 307 Å². The predicted octanol–water partition coefficient (Wildman–Crippen LogP) is 10.9. The number of nitrogens with one attached hydrogen (secondary N) is 1. The molecule has 0 saturated carbocycles. The minimum Gasteiger partial charge on any atom is -0.394 e. The molecule has 0 radical (unpaired) electrons. The van der Waals surface area contributed by atoms with Crippen LogP contribution in [0, 0.1) is 0 Å². The average Bonchev–Trinajstić information content (AvgIpc) is 0.789. The molecular formula is C78H129NO18. The molecule has 19 nitrogen and oxygen atoms in total. The van der Waals surface area contributed by atoms with E-state index in [2.05, 4.69) is 141 Å². The second-order valence-corrected chi connectivity index (χ2v) is 25.7. The summed E-state index contributed by atoms with van der Waals surface area (Å²) in [5.74, 6) is -0.296. The molecule has 3 fully saturated rings. The van der Waals surface area contributed by atoms with Crippen LogP contribution in [0.15, 0.2) is 134 Å². The van der Waals surface area contributed by atoms with Gasteiger partial charge in [-0.1, -0.05) is 250 Å². The number of ether oxygens (including phenoxy) is 6. The fourth-order valence-corrected chi connectivity index (χ4v) is 11.5. The molecule has 0 spiro atoms. The van der Waals surface area contributed by atoms with Crippen molar-refractivity contribution in [3.05, 3.63) is 134 Å². The molecule has 3 rings (SSSR count). The van der Waals surface area contributed by atoms with Crippen LogP contribution in [-0.4, -0.2) is 193 Å². The van der Waals surface area contributed by atoms with Gasteiger partial charge in [0.1, 0.15) is 73.2 Å². The second kappa shape index (κ2) is 57.5. The zero-order valence-corrected chi connectivity index (χ0v) is 58.7. The molecule has 19 heteroatoms. The minimum atomic E-state index is -1.99. The van der Waals surface area contributed by atoms with Crippen molar-refractivity contribution < 1.29 is 89.4 Å². The van der Waals surface area contributed by atoms with Crippen LogP contribution in [0.25, 0.3) is 0 Å². The fourth-order valence-electron chi connectivity index (χ4n) is 11.5. The monoisotopic (exact) mass is 1370 g/mol. The SMILES string of the molecule is CC/C=C\C/C=C\C/C=C\C/C=C\C/C=C\C/C=C\C/C=C\C/C=C\C/C=C\C/C=C\CCCCCCCCC(=O)NC(COC1OC(CO)C(OC2OC(CO)C(OC3OC(CO)C(O)C(O)C3O)C(O)C2O)C(O)C1O)C(O)/C=C/CCCCCCCCCCCCCCC. The number of hydrogen-bond acceptors (Lipinski definition) is 18. The molecule has 0 aliphatic carbocycles. The van der Waals surface area contributed by atoms with E-state index in [-0.39, 0.29) is 18.9 Å². The van der Waals surface area contributed by atoms with Gasteiger partial charge in [0.05, 0.1) is 38.6 Å². The van der Waals surface area contributed by atoms with Gasteiger partial charge < -0.3 is 89.9 Å². The molecule has 17 unspecified atom stereocenters. The Hall–Kier alpha value is -4.07. The number of rotatable bonds is 55. The van der Waals surface area contributed by atoms with Crippen LogP contribution in [-0.2, 0) is 33.2 Å². The van der Waals surface area contributed by atoms with Crippen LogP contribution >= 0.6 is 0 Å². The maximum absolute atomic E-state index is 13.4.